The van der Waals surface area contributed by atoms with Gasteiger partial charge >= 0.3 is 0 Å². The molecule has 4 heteroatoms. The minimum atomic E-state index is -0.508. The summed E-state index contributed by atoms with van der Waals surface area (Å²) in [5.41, 5.74) is 12.3. The molecule has 0 saturated heterocycles. The maximum Gasteiger partial charge on any atom is 0.153 e. The minimum absolute atomic E-state index is 0.0982. The van der Waals surface area contributed by atoms with Gasteiger partial charge in [0.05, 0.1) is 10.9 Å². The highest BCUT2D eigenvalue weighted by molar-refractivity contribution is 6.25. The van der Waals surface area contributed by atoms with E-state index in [1.807, 2.05) is 25.2 Å². The number of rotatable bonds is 7. The predicted octanol–water partition coefficient (Wildman–Crippen LogP) is 2.29. The zero-order valence-electron chi connectivity index (χ0n) is 11.0. The van der Waals surface area contributed by atoms with Crippen LogP contribution in [-0.4, -0.2) is 23.2 Å². The lowest BCUT2D eigenvalue weighted by Crippen LogP contribution is -2.35. The minimum Gasteiger partial charge on any atom is -0.330 e. The van der Waals surface area contributed by atoms with Gasteiger partial charge in [0.15, 0.2) is 5.78 Å². The highest BCUT2D eigenvalue weighted by atomic mass is 35.5. The molecule has 3 nitrogen and oxygen atoms in total. The number of nitrogens with two attached hydrogens (primary N) is 2. The van der Waals surface area contributed by atoms with E-state index in [9.17, 15) is 4.79 Å². The van der Waals surface area contributed by atoms with Gasteiger partial charge in [-0.3, -0.25) is 4.79 Å². The number of Topliss-reactive ketones (excluding diaryl/α,β-unsaturated/α-hetero) is 1. The van der Waals surface area contributed by atoms with Crippen molar-refractivity contribution in [1.82, 2.24) is 0 Å². The van der Waals surface area contributed by atoms with Gasteiger partial charge in [0, 0.05) is 6.42 Å². The van der Waals surface area contributed by atoms with Crippen LogP contribution in [0.1, 0.15) is 39.0 Å². The van der Waals surface area contributed by atoms with E-state index >= 15 is 0 Å². The van der Waals surface area contributed by atoms with E-state index in [1.165, 1.54) is 0 Å². The Morgan fingerprint density at radius 2 is 2.22 bits per heavy atom. The molecule has 1 aliphatic rings. The Bertz CT molecular complexity index is 348. The average molecular weight is 271 g/mol. The van der Waals surface area contributed by atoms with E-state index in [1.54, 1.807) is 0 Å². The SMILES string of the molecule is CC1(Cl)C=CC=C(C(N)C(=O)CCCCCN)C1. The van der Waals surface area contributed by atoms with Gasteiger partial charge in [0.25, 0.3) is 0 Å². The Hall–Kier alpha value is -0.640. The van der Waals surface area contributed by atoms with E-state index in [2.05, 4.69) is 0 Å². The summed E-state index contributed by atoms with van der Waals surface area (Å²) >= 11 is 6.25. The summed E-state index contributed by atoms with van der Waals surface area (Å²) in [4.78, 5) is 11.5. The number of carbonyl (C=O) groups excluding carboxylic acids is 1. The summed E-state index contributed by atoms with van der Waals surface area (Å²) in [5, 5.41) is 0. The largest absolute Gasteiger partial charge is 0.330 e. The average Bonchev–Trinajstić information content (AvgIpc) is 2.32. The summed E-state index contributed by atoms with van der Waals surface area (Å²) < 4.78 is 0. The van der Waals surface area contributed by atoms with Crippen molar-refractivity contribution in [3.05, 3.63) is 23.8 Å². The molecule has 0 spiro atoms. The molecule has 0 aliphatic heterocycles. The molecule has 1 rings (SSSR count). The lowest BCUT2D eigenvalue weighted by Gasteiger charge is -2.25. The maximum absolute atomic E-state index is 12.0. The first-order valence-electron chi connectivity index (χ1n) is 6.52. The number of carbonyl (C=O) groups is 1. The molecular weight excluding hydrogens is 248 g/mol. The lowest BCUT2D eigenvalue weighted by molar-refractivity contribution is -0.119. The molecule has 2 atom stereocenters. The van der Waals surface area contributed by atoms with E-state index in [0.717, 1.165) is 24.8 Å². The highest BCUT2D eigenvalue weighted by Crippen LogP contribution is 2.30. The van der Waals surface area contributed by atoms with Crippen LogP contribution in [0.15, 0.2) is 23.8 Å². The van der Waals surface area contributed by atoms with Gasteiger partial charge < -0.3 is 11.5 Å². The molecule has 0 heterocycles. The predicted molar refractivity (Wildman–Crippen MR) is 76.6 cm³/mol. The summed E-state index contributed by atoms with van der Waals surface area (Å²) in [6, 6.07) is -0.508. The second kappa shape index (κ2) is 7.07. The quantitative estimate of drug-likeness (QED) is 0.551. The fourth-order valence-corrected chi connectivity index (χ4v) is 2.31. The van der Waals surface area contributed by atoms with Gasteiger partial charge in [-0.2, -0.15) is 0 Å². The van der Waals surface area contributed by atoms with E-state index in [-0.39, 0.29) is 5.78 Å². The first-order valence-corrected chi connectivity index (χ1v) is 6.89. The number of hydrogen-bond donors (Lipinski definition) is 2. The first kappa shape index (κ1) is 15.4. The zero-order valence-corrected chi connectivity index (χ0v) is 11.7. The molecule has 0 aromatic rings. The van der Waals surface area contributed by atoms with Crippen molar-refractivity contribution in [3.8, 4) is 0 Å². The normalized spacial score (nSPS) is 24.8. The molecular formula is C14H23ClN2O. The number of hydrogen-bond acceptors (Lipinski definition) is 3. The van der Waals surface area contributed by atoms with Crippen molar-refractivity contribution in [2.24, 2.45) is 11.5 Å². The van der Waals surface area contributed by atoms with Crippen molar-refractivity contribution in [1.29, 1.82) is 0 Å². The third-order valence-electron chi connectivity index (χ3n) is 3.18. The van der Waals surface area contributed by atoms with Gasteiger partial charge in [0.1, 0.15) is 0 Å². The molecule has 0 amide bonds. The summed E-state index contributed by atoms with van der Waals surface area (Å²) in [6.45, 7) is 2.61. The molecule has 2 unspecified atom stereocenters. The highest BCUT2D eigenvalue weighted by Gasteiger charge is 2.27. The van der Waals surface area contributed by atoms with Crippen LogP contribution < -0.4 is 11.5 Å². The van der Waals surface area contributed by atoms with Crippen LogP contribution in [0.5, 0.6) is 0 Å². The topological polar surface area (TPSA) is 69.1 Å². The van der Waals surface area contributed by atoms with E-state index in [0.29, 0.717) is 19.4 Å². The van der Waals surface area contributed by atoms with Crippen molar-refractivity contribution in [2.75, 3.05) is 6.54 Å². The smallest absolute Gasteiger partial charge is 0.153 e. The Labute approximate surface area is 114 Å². The fourth-order valence-electron chi connectivity index (χ4n) is 2.09. The van der Waals surface area contributed by atoms with E-state index in [4.69, 9.17) is 23.1 Å². The second-order valence-electron chi connectivity index (χ2n) is 5.10. The first-order chi connectivity index (χ1) is 8.46. The van der Waals surface area contributed by atoms with Crippen LogP contribution in [-0.2, 0) is 4.79 Å². The number of unbranched alkanes of at least 4 members (excludes halogenated alkanes) is 2. The Morgan fingerprint density at radius 3 is 2.83 bits per heavy atom. The van der Waals surface area contributed by atoms with Crippen LogP contribution in [0.2, 0.25) is 0 Å². The van der Waals surface area contributed by atoms with Gasteiger partial charge in [-0.15, -0.1) is 11.6 Å². The molecule has 0 aromatic heterocycles. The maximum atomic E-state index is 12.0. The molecule has 4 N–H and O–H groups in total. The van der Waals surface area contributed by atoms with Crippen LogP contribution in [0.4, 0.5) is 0 Å². The van der Waals surface area contributed by atoms with E-state index < -0.39 is 10.9 Å². The molecule has 102 valence electrons. The van der Waals surface area contributed by atoms with Crippen molar-refractivity contribution in [2.45, 2.75) is 49.9 Å². The monoisotopic (exact) mass is 270 g/mol. The van der Waals surface area contributed by atoms with Gasteiger partial charge in [0.2, 0.25) is 0 Å². The molecule has 0 saturated carbocycles. The molecule has 0 radical (unpaired) electrons. The number of alkyl halides is 1. The standard InChI is InChI=1S/C14H23ClN2O/c1-14(15)8-5-6-11(10-14)13(17)12(18)7-3-2-4-9-16/h5-6,8,13H,2-4,7,9-10,16-17H2,1H3. The number of halogens is 1. The molecule has 0 bridgehead atoms. The summed E-state index contributed by atoms with van der Waals surface area (Å²) in [5.74, 6) is 0.0982. The number of ketones is 1. The van der Waals surface area contributed by atoms with Crippen molar-refractivity contribution in [3.63, 3.8) is 0 Å². The zero-order chi connectivity index (χ0) is 13.6. The Balaban J connectivity index is 2.44. The summed E-state index contributed by atoms with van der Waals surface area (Å²) in [6.07, 6.45) is 9.71. The molecule has 1 aliphatic carbocycles. The number of allylic oxidation sites excluding steroid dienone is 3. The van der Waals surface area contributed by atoms with Crippen LogP contribution in [0.3, 0.4) is 0 Å². The second-order valence-corrected chi connectivity index (χ2v) is 5.96. The summed E-state index contributed by atoms with van der Waals surface area (Å²) in [7, 11) is 0. The lowest BCUT2D eigenvalue weighted by atomic mass is 9.88. The van der Waals surface area contributed by atoms with Crippen molar-refractivity contribution < 1.29 is 4.79 Å². The molecule has 18 heavy (non-hydrogen) atoms. The van der Waals surface area contributed by atoms with Crippen LogP contribution in [0, 0.1) is 0 Å². The third-order valence-corrected chi connectivity index (χ3v) is 3.44. The molecule has 0 aromatic carbocycles. The van der Waals surface area contributed by atoms with Crippen LogP contribution in [0.25, 0.3) is 0 Å². The van der Waals surface area contributed by atoms with Crippen molar-refractivity contribution >= 4 is 17.4 Å². The van der Waals surface area contributed by atoms with Gasteiger partial charge in [-0.1, -0.05) is 24.6 Å². The van der Waals surface area contributed by atoms with Crippen LogP contribution >= 0.6 is 11.6 Å². The van der Waals surface area contributed by atoms with Gasteiger partial charge in [-0.05, 0) is 38.3 Å². The molecule has 0 fully saturated rings. The Morgan fingerprint density at radius 1 is 1.50 bits per heavy atom. The third kappa shape index (κ3) is 4.92. The Kier molecular flexibility index (Phi) is 6.06. The fraction of sp³-hybridized carbons (Fsp3) is 0.643. The van der Waals surface area contributed by atoms with Gasteiger partial charge in [-0.25, -0.2) is 0 Å².